The Kier molecular flexibility index (Phi) is 6.20. The number of hydrogen-bond donors (Lipinski definition) is 3. The van der Waals surface area contributed by atoms with Gasteiger partial charge >= 0.3 is 0 Å². The van der Waals surface area contributed by atoms with Gasteiger partial charge in [0.15, 0.2) is 0 Å². The van der Waals surface area contributed by atoms with Crippen molar-refractivity contribution < 1.29 is 19.7 Å². The summed E-state index contributed by atoms with van der Waals surface area (Å²) in [6.45, 7) is 0.274. The molecule has 9 heteroatoms. The molecular formula is C25H20N4O5. The number of carbonyl (C=O) groups is 2. The van der Waals surface area contributed by atoms with Crippen LogP contribution in [0.25, 0.3) is 22.4 Å². The Morgan fingerprint density at radius 1 is 0.941 bits per heavy atom. The molecular weight excluding hydrogens is 436 g/mol. The maximum atomic E-state index is 12.6. The predicted octanol–water partition coefficient (Wildman–Crippen LogP) is 4.00. The number of nitro benzene ring substituents is 1. The third-order valence-electron chi connectivity index (χ3n) is 5.45. The van der Waals surface area contributed by atoms with E-state index in [1.165, 1.54) is 12.1 Å². The third kappa shape index (κ3) is 4.41. The molecule has 0 unspecified atom stereocenters. The van der Waals surface area contributed by atoms with Crippen LogP contribution in [-0.4, -0.2) is 26.5 Å². The van der Waals surface area contributed by atoms with E-state index in [1.807, 2.05) is 36.4 Å². The molecule has 9 nitrogen and oxygen atoms in total. The maximum absolute atomic E-state index is 12.6. The first-order valence-electron chi connectivity index (χ1n) is 10.3. The number of nitrogens with two attached hydrogens (primary N) is 1. The molecule has 0 aliphatic carbocycles. The maximum Gasteiger partial charge on any atom is 0.274 e. The van der Waals surface area contributed by atoms with Crippen molar-refractivity contribution in [1.29, 1.82) is 0 Å². The lowest BCUT2D eigenvalue weighted by atomic mass is 10.0. The summed E-state index contributed by atoms with van der Waals surface area (Å²) < 4.78 is 1.79. The normalized spacial score (nSPS) is 10.6. The van der Waals surface area contributed by atoms with E-state index in [1.54, 1.807) is 46.4 Å². The molecule has 0 aliphatic rings. The first kappa shape index (κ1) is 22.4. The molecule has 170 valence electrons. The molecule has 1 aromatic heterocycles. The van der Waals surface area contributed by atoms with Gasteiger partial charge in [-0.3, -0.25) is 24.9 Å². The minimum Gasteiger partial charge on any atom is -0.364 e. The van der Waals surface area contributed by atoms with Crippen LogP contribution in [0.1, 0.15) is 26.4 Å². The van der Waals surface area contributed by atoms with Crippen molar-refractivity contribution >= 4 is 17.5 Å². The Balaban J connectivity index is 1.85. The van der Waals surface area contributed by atoms with E-state index in [9.17, 15) is 19.7 Å². The van der Waals surface area contributed by atoms with Crippen LogP contribution < -0.4 is 11.2 Å². The van der Waals surface area contributed by atoms with Gasteiger partial charge in [-0.25, -0.2) is 5.48 Å². The third-order valence-corrected chi connectivity index (χ3v) is 5.45. The number of primary amides is 1. The number of aromatic nitrogens is 1. The fourth-order valence-electron chi connectivity index (χ4n) is 3.82. The van der Waals surface area contributed by atoms with Crippen LogP contribution in [0, 0.1) is 10.1 Å². The number of nitrogens with one attached hydrogen (secondary N) is 1. The van der Waals surface area contributed by atoms with Gasteiger partial charge in [-0.15, -0.1) is 0 Å². The van der Waals surface area contributed by atoms with E-state index in [2.05, 4.69) is 0 Å². The highest BCUT2D eigenvalue weighted by molar-refractivity contribution is 6.00. The van der Waals surface area contributed by atoms with Gasteiger partial charge in [-0.1, -0.05) is 42.5 Å². The molecule has 2 amide bonds. The molecule has 1 heterocycles. The number of non-ortho nitro benzene ring substituents is 1. The first-order valence-corrected chi connectivity index (χ1v) is 10.3. The molecule has 4 rings (SSSR count). The number of nitrogens with zero attached hydrogens (tertiary/aromatic N) is 2. The Labute approximate surface area is 194 Å². The molecule has 0 atom stereocenters. The lowest BCUT2D eigenvalue weighted by Gasteiger charge is -2.13. The fraction of sp³-hybridized carbons (Fsp3) is 0.0400. The molecule has 0 saturated carbocycles. The van der Waals surface area contributed by atoms with Crippen molar-refractivity contribution in [3.05, 3.63) is 112 Å². The van der Waals surface area contributed by atoms with Crippen molar-refractivity contribution in [3.8, 4) is 22.4 Å². The number of amides is 2. The van der Waals surface area contributed by atoms with Gasteiger partial charge in [0.25, 0.3) is 17.5 Å². The smallest absolute Gasteiger partial charge is 0.274 e. The Hall–Kier alpha value is -4.76. The van der Waals surface area contributed by atoms with Crippen LogP contribution in [0.3, 0.4) is 0 Å². The summed E-state index contributed by atoms with van der Waals surface area (Å²) in [6.07, 6.45) is 0. The van der Waals surface area contributed by atoms with E-state index in [0.717, 1.165) is 16.8 Å². The van der Waals surface area contributed by atoms with Crippen LogP contribution in [0.5, 0.6) is 0 Å². The molecule has 0 radical (unpaired) electrons. The molecule has 0 bridgehead atoms. The lowest BCUT2D eigenvalue weighted by Crippen LogP contribution is -2.19. The molecule has 0 aliphatic heterocycles. The summed E-state index contributed by atoms with van der Waals surface area (Å²) in [5.74, 6) is -1.28. The number of rotatable bonds is 7. The highest BCUT2D eigenvalue weighted by Crippen LogP contribution is 2.34. The zero-order valence-electron chi connectivity index (χ0n) is 17.8. The van der Waals surface area contributed by atoms with E-state index in [4.69, 9.17) is 10.9 Å². The van der Waals surface area contributed by atoms with Gasteiger partial charge in [0, 0.05) is 35.5 Å². The lowest BCUT2D eigenvalue weighted by molar-refractivity contribution is -0.384. The van der Waals surface area contributed by atoms with Crippen molar-refractivity contribution in [1.82, 2.24) is 10.0 Å². The van der Waals surface area contributed by atoms with E-state index < -0.39 is 16.7 Å². The molecule has 0 saturated heterocycles. The van der Waals surface area contributed by atoms with Gasteiger partial charge in [0.1, 0.15) is 5.69 Å². The molecule has 0 spiro atoms. The van der Waals surface area contributed by atoms with E-state index in [0.29, 0.717) is 11.1 Å². The molecule has 4 aromatic rings. The van der Waals surface area contributed by atoms with Crippen molar-refractivity contribution in [3.63, 3.8) is 0 Å². The molecule has 4 N–H and O–H groups in total. The average molecular weight is 456 g/mol. The highest BCUT2D eigenvalue weighted by atomic mass is 16.6. The first-order chi connectivity index (χ1) is 16.4. The number of carbonyl (C=O) groups excluding carboxylic acids is 2. The van der Waals surface area contributed by atoms with Crippen molar-refractivity contribution in [2.75, 3.05) is 0 Å². The summed E-state index contributed by atoms with van der Waals surface area (Å²) in [6, 6.07) is 23.8. The SMILES string of the molecule is NC(=O)c1c(-c2ccc([N+](=O)[O-])cc2)cc(-c2ccccc2)n1Cc1ccc(C(=O)NO)cc1. The predicted molar refractivity (Wildman–Crippen MR) is 125 cm³/mol. The zero-order chi connectivity index (χ0) is 24.2. The highest BCUT2D eigenvalue weighted by Gasteiger charge is 2.22. The number of hydrogen-bond acceptors (Lipinski definition) is 5. The number of hydroxylamine groups is 1. The van der Waals surface area contributed by atoms with Gasteiger partial charge in [0.05, 0.1) is 4.92 Å². The summed E-state index contributed by atoms with van der Waals surface area (Å²) in [4.78, 5) is 34.8. The number of benzene rings is 3. The number of nitro groups is 1. The van der Waals surface area contributed by atoms with Crippen molar-refractivity contribution in [2.45, 2.75) is 6.54 Å². The van der Waals surface area contributed by atoms with Gasteiger partial charge < -0.3 is 10.3 Å². The second-order valence-corrected chi connectivity index (χ2v) is 7.55. The van der Waals surface area contributed by atoms with Gasteiger partial charge in [0.2, 0.25) is 0 Å². The molecule has 34 heavy (non-hydrogen) atoms. The van der Waals surface area contributed by atoms with Crippen LogP contribution in [0.4, 0.5) is 5.69 Å². The quantitative estimate of drug-likeness (QED) is 0.219. The largest absolute Gasteiger partial charge is 0.364 e. The monoisotopic (exact) mass is 456 g/mol. The van der Waals surface area contributed by atoms with Crippen LogP contribution in [-0.2, 0) is 6.54 Å². The van der Waals surface area contributed by atoms with E-state index >= 15 is 0 Å². The standard InChI is InChI=1S/C25H20N4O5/c26-24(30)23-21(17-10-12-20(13-11-17)29(33)34)14-22(18-4-2-1-3-5-18)28(23)15-16-6-8-19(9-7-16)25(31)27-32/h1-14,32H,15H2,(H2,26,30)(H,27,31). The molecule has 0 fully saturated rings. The summed E-state index contributed by atoms with van der Waals surface area (Å²) in [5, 5.41) is 19.9. The molecule has 3 aromatic carbocycles. The second kappa shape index (κ2) is 9.39. The minimum atomic E-state index is -0.646. The van der Waals surface area contributed by atoms with Crippen LogP contribution >= 0.6 is 0 Å². The van der Waals surface area contributed by atoms with E-state index in [-0.39, 0.29) is 23.5 Å². The topological polar surface area (TPSA) is 140 Å². The van der Waals surface area contributed by atoms with Crippen LogP contribution in [0.2, 0.25) is 0 Å². The Morgan fingerprint density at radius 2 is 1.59 bits per heavy atom. The zero-order valence-corrected chi connectivity index (χ0v) is 17.8. The van der Waals surface area contributed by atoms with Gasteiger partial charge in [-0.2, -0.15) is 0 Å². The van der Waals surface area contributed by atoms with Crippen LogP contribution in [0.15, 0.2) is 84.9 Å². The second-order valence-electron chi connectivity index (χ2n) is 7.55. The summed E-state index contributed by atoms with van der Waals surface area (Å²) in [7, 11) is 0. The fourth-order valence-corrected chi connectivity index (χ4v) is 3.82. The Bertz CT molecular complexity index is 1360. The Morgan fingerprint density at radius 3 is 2.15 bits per heavy atom. The van der Waals surface area contributed by atoms with Crippen molar-refractivity contribution in [2.24, 2.45) is 5.73 Å². The van der Waals surface area contributed by atoms with Gasteiger partial charge in [-0.05, 0) is 47.0 Å². The summed E-state index contributed by atoms with van der Waals surface area (Å²) in [5.41, 5.74) is 11.4. The average Bonchev–Trinajstić information content (AvgIpc) is 3.24. The minimum absolute atomic E-state index is 0.0564. The summed E-state index contributed by atoms with van der Waals surface area (Å²) >= 11 is 0.